The number of nitrogens with zero attached hydrogens (tertiary/aromatic N) is 1. The first-order chi connectivity index (χ1) is 9.43. The van der Waals surface area contributed by atoms with E-state index in [2.05, 4.69) is 47.4 Å². The first-order valence-electron chi connectivity index (χ1n) is 7.48. The monoisotopic (exact) mass is 257 g/mol. The van der Waals surface area contributed by atoms with Gasteiger partial charge in [0.2, 0.25) is 0 Å². The van der Waals surface area contributed by atoms with E-state index in [1.165, 1.54) is 24.8 Å². The zero-order valence-corrected chi connectivity index (χ0v) is 11.5. The molecule has 0 aromatic heterocycles. The third-order valence-electron chi connectivity index (χ3n) is 4.23. The normalized spacial score (nSPS) is 28.4. The molecule has 1 aromatic carbocycles. The topological polar surface area (TPSA) is 12.5 Å². The lowest BCUT2D eigenvalue weighted by atomic mass is 9.95. The van der Waals surface area contributed by atoms with E-state index in [-0.39, 0.29) is 0 Å². The maximum Gasteiger partial charge on any atom is 0.0733 e. The number of hydrogen-bond donors (Lipinski definition) is 0. The zero-order valence-electron chi connectivity index (χ0n) is 11.5. The van der Waals surface area contributed by atoms with Crippen LogP contribution in [0.4, 0.5) is 0 Å². The summed E-state index contributed by atoms with van der Waals surface area (Å²) in [4.78, 5) is 2.57. The Balaban J connectivity index is 1.68. The molecule has 2 heteroatoms. The van der Waals surface area contributed by atoms with Crippen molar-refractivity contribution in [3.05, 3.63) is 48.0 Å². The fourth-order valence-electron chi connectivity index (χ4n) is 3.19. The molecule has 1 saturated heterocycles. The lowest BCUT2D eigenvalue weighted by Crippen LogP contribution is -2.46. The molecule has 2 aliphatic rings. The van der Waals surface area contributed by atoms with Crippen molar-refractivity contribution in [2.24, 2.45) is 0 Å². The van der Waals surface area contributed by atoms with Gasteiger partial charge in [-0.15, -0.1) is 0 Å². The summed E-state index contributed by atoms with van der Waals surface area (Å²) in [6.45, 7) is 3.04. The highest BCUT2D eigenvalue weighted by Gasteiger charge is 2.29. The van der Waals surface area contributed by atoms with Crippen molar-refractivity contribution in [2.75, 3.05) is 13.2 Å². The van der Waals surface area contributed by atoms with Crippen LogP contribution in [-0.4, -0.2) is 30.2 Å². The quantitative estimate of drug-likeness (QED) is 0.770. The Bertz CT molecular complexity index is 409. The van der Waals surface area contributed by atoms with Crippen LogP contribution in [0.15, 0.2) is 42.5 Å². The van der Waals surface area contributed by atoms with Gasteiger partial charge in [-0.1, -0.05) is 42.5 Å². The highest BCUT2D eigenvalue weighted by atomic mass is 16.5. The van der Waals surface area contributed by atoms with E-state index >= 15 is 0 Å². The predicted molar refractivity (Wildman–Crippen MR) is 78.0 cm³/mol. The van der Waals surface area contributed by atoms with Crippen LogP contribution in [0.3, 0.4) is 0 Å². The highest BCUT2D eigenvalue weighted by molar-refractivity contribution is 5.15. The second kappa shape index (κ2) is 6.36. The lowest BCUT2D eigenvalue weighted by Gasteiger charge is -2.39. The molecular formula is C17H23NO. The van der Waals surface area contributed by atoms with Gasteiger partial charge in [-0.2, -0.15) is 0 Å². The first kappa shape index (κ1) is 12.9. The molecule has 0 amide bonds. The van der Waals surface area contributed by atoms with Crippen molar-refractivity contribution in [3.63, 3.8) is 0 Å². The van der Waals surface area contributed by atoms with E-state index in [1.54, 1.807) is 0 Å². The highest BCUT2D eigenvalue weighted by Crippen LogP contribution is 2.25. The molecule has 1 fully saturated rings. The van der Waals surface area contributed by atoms with E-state index in [9.17, 15) is 0 Å². The molecule has 0 bridgehead atoms. The van der Waals surface area contributed by atoms with Gasteiger partial charge < -0.3 is 4.74 Å². The Kier molecular flexibility index (Phi) is 4.31. The van der Waals surface area contributed by atoms with Gasteiger partial charge in [0.25, 0.3) is 0 Å². The van der Waals surface area contributed by atoms with Crippen LogP contribution in [0.1, 0.15) is 31.2 Å². The standard InChI is InChI=1S/C17H23NO/c1-2-8-15(9-3-1)14-18-12-6-4-10-16(18)17-11-5-7-13-19-17/h1-4,6,8-9,16-17H,5,7,10-14H2. The van der Waals surface area contributed by atoms with E-state index in [0.717, 1.165) is 26.1 Å². The molecule has 102 valence electrons. The number of benzene rings is 1. The second-order valence-corrected chi connectivity index (χ2v) is 5.59. The third-order valence-corrected chi connectivity index (χ3v) is 4.23. The van der Waals surface area contributed by atoms with Crippen LogP contribution in [0.25, 0.3) is 0 Å². The van der Waals surface area contributed by atoms with Gasteiger partial charge in [0.05, 0.1) is 6.10 Å². The molecule has 0 spiro atoms. The summed E-state index contributed by atoms with van der Waals surface area (Å²) in [5.41, 5.74) is 1.40. The molecule has 2 aliphatic heterocycles. The minimum Gasteiger partial charge on any atom is -0.377 e. The fourth-order valence-corrected chi connectivity index (χ4v) is 3.19. The number of rotatable bonds is 3. The molecule has 2 atom stereocenters. The molecular weight excluding hydrogens is 234 g/mol. The van der Waals surface area contributed by atoms with E-state index in [0.29, 0.717) is 12.1 Å². The summed E-state index contributed by atoms with van der Waals surface area (Å²) in [6.07, 6.45) is 9.97. The van der Waals surface area contributed by atoms with Crippen LogP contribution >= 0.6 is 0 Å². The maximum absolute atomic E-state index is 6.01. The van der Waals surface area contributed by atoms with Crippen LogP contribution < -0.4 is 0 Å². The van der Waals surface area contributed by atoms with E-state index < -0.39 is 0 Å². The van der Waals surface area contributed by atoms with Crippen molar-refractivity contribution >= 4 is 0 Å². The summed E-state index contributed by atoms with van der Waals surface area (Å²) in [7, 11) is 0. The Morgan fingerprint density at radius 1 is 1.11 bits per heavy atom. The Morgan fingerprint density at radius 3 is 2.79 bits per heavy atom. The molecule has 19 heavy (non-hydrogen) atoms. The van der Waals surface area contributed by atoms with Crippen molar-refractivity contribution in [1.82, 2.24) is 4.90 Å². The molecule has 0 N–H and O–H groups in total. The van der Waals surface area contributed by atoms with Crippen molar-refractivity contribution in [1.29, 1.82) is 0 Å². The average Bonchev–Trinajstić information content (AvgIpc) is 2.50. The Hall–Kier alpha value is -1.12. The Morgan fingerprint density at radius 2 is 2.00 bits per heavy atom. The Labute approximate surface area is 116 Å². The third kappa shape index (κ3) is 3.26. The van der Waals surface area contributed by atoms with Gasteiger partial charge in [-0.3, -0.25) is 4.90 Å². The van der Waals surface area contributed by atoms with Crippen molar-refractivity contribution in [3.8, 4) is 0 Å². The molecule has 0 saturated carbocycles. The summed E-state index contributed by atoms with van der Waals surface area (Å²) in [5.74, 6) is 0. The van der Waals surface area contributed by atoms with Gasteiger partial charge in [0.1, 0.15) is 0 Å². The van der Waals surface area contributed by atoms with Gasteiger partial charge in [0.15, 0.2) is 0 Å². The fraction of sp³-hybridized carbons (Fsp3) is 0.529. The van der Waals surface area contributed by atoms with Crippen LogP contribution in [0.2, 0.25) is 0 Å². The van der Waals surface area contributed by atoms with Crippen molar-refractivity contribution < 1.29 is 4.74 Å². The summed E-state index contributed by atoms with van der Waals surface area (Å²) in [6, 6.07) is 11.3. The zero-order chi connectivity index (χ0) is 12.9. The van der Waals surface area contributed by atoms with Gasteiger partial charge in [-0.05, 0) is 31.2 Å². The number of ether oxygens (including phenoxy) is 1. The predicted octanol–water partition coefficient (Wildman–Crippen LogP) is 3.39. The smallest absolute Gasteiger partial charge is 0.0733 e. The molecule has 2 nitrogen and oxygen atoms in total. The molecule has 2 unspecified atom stereocenters. The van der Waals surface area contributed by atoms with Crippen LogP contribution in [-0.2, 0) is 11.3 Å². The van der Waals surface area contributed by atoms with Gasteiger partial charge >= 0.3 is 0 Å². The van der Waals surface area contributed by atoms with Crippen LogP contribution in [0, 0.1) is 0 Å². The summed E-state index contributed by atoms with van der Waals surface area (Å²) >= 11 is 0. The largest absolute Gasteiger partial charge is 0.377 e. The van der Waals surface area contributed by atoms with E-state index in [4.69, 9.17) is 4.74 Å². The second-order valence-electron chi connectivity index (χ2n) is 5.59. The minimum atomic E-state index is 0.433. The average molecular weight is 257 g/mol. The summed E-state index contributed by atoms with van der Waals surface area (Å²) in [5, 5.41) is 0. The maximum atomic E-state index is 6.01. The van der Waals surface area contributed by atoms with Gasteiger partial charge in [-0.25, -0.2) is 0 Å². The minimum absolute atomic E-state index is 0.433. The van der Waals surface area contributed by atoms with E-state index in [1.807, 2.05) is 0 Å². The number of hydrogen-bond acceptors (Lipinski definition) is 2. The molecule has 3 rings (SSSR count). The molecule has 0 aliphatic carbocycles. The van der Waals surface area contributed by atoms with Crippen LogP contribution in [0.5, 0.6) is 0 Å². The summed E-state index contributed by atoms with van der Waals surface area (Å²) < 4.78 is 6.01. The lowest BCUT2D eigenvalue weighted by molar-refractivity contribution is -0.0426. The SMILES string of the molecule is C1=CCN(Cc2ccccc2)C(C2CCCCO2)C1. The molecule has 2 heterocycles. The molecule has 1 aromatic rings. The van der Waals surface area contributed by atoms with Crippen molar-refractivity contribution in [2.45, 2.75) is 44.4 Å². The molecule has 0 radical (unpaired) electrons. The van der Waals surface area contributed by atoms with Gasteiger partial charge in [0, 0.05) is 25.7 Å². The first-order valence-corrected chi connectivity index (χ1v) is 7.48.